The van der Waals surface area contributed by atoms with Crippen molar-refractivity contribution in [3.8, 4) is 5.88 Å². The van der Waals surface area contributed by atoms with Gasteiger partial charge in [-0.2, -0.15) is 4.98 Å². The molecule has 2 aromatic heterocycles. The number of hydrogen-bond donors (Lipinski definition) is 1. The van der Waals surface area contributed by atoms with Gasteiger partial charge in [0, 0.05) is 0 Å². The van der Waals surface area contributed by atoms with E-state index in [4.69, 9.17) is 4.74 Å². The summed E-state index contributed by atoms with van der Waals surface area (Å²) in [6, 6.07) is 7.12. The SMILES string of the molecule is Cc1ccc(C(=O)Oc2ncnc3nc[nH]c23)cc1. The Bertz CT molecular complexity index is 734. The summed E-state index contributed by atoms with van der Waals surface area (Å²) in [4.78, 5) is 26.7. The van der Waals surface area contributed by atoms with Crippen molar-refractivity contribution in [2.75, 3.05) is 0 Å². The molecular weight excluding hydrogens is 244 g/mol. The van der Waals surface area contributed by atoms with E-state index in [1.54, 1.807) is 12.1 Å². The van der Waals surface area contributed by atoms with Crippen LogP contribution in [-0.2, 0) is 0 Å². The van der Waals surface area contributed by atoms with Crippen LogP contribution in [0.4, 0.5) is 0 Å². The number of esters is 1. The summed E-state index contributed by atoms with van der Waals surface area (Å²) < 4.78 is 5.25. The zero-order chi connectivity index (χ0) is 13.2. The molecule has 19 heavy (non-hydrogen) atoms. The molecule has 0 unspecified atom stereocenters. The first-order valence-corrected chi connectivity index (χ1v) is 5.67. The molecule has 94 valence electrons. The van der Waals surface area contributed by atoms with Gasteiger partial charge in [0.1, 0.15) is 11.8 Å². The second-order valence-corrected chi connectivity index (χ2v) is 4.04. The van der Waals surface area contributed by atoms with E-state index in [-0.39, 0.29) is 5.88 Å². The molecule has 6 heteroatoms. The van der Waals surface area contributed by atoms with Gasteiger partial charge in [-0.1, -0.05) is 17.7 Å². The van der Waals surface area contributed by atoms with Crippen molar-refractivity contribution < 1.29 is 9.53 Å². The Balaban J connectivity index is 1.90. The number of H-pyrrole nitrogens is 1. The van der Waals surface area contributed by atoms with E-state index in [1.807, 2.05) is 19.1 Å². The quantitative estimate of drug-likeness (QED) is 0.706. The van der Waals surface area contributed by atoms with E-state index >= 15 is 0 Å². The van der Waals surface area contributed by atoms with Crippen molar-refractivity contribution in [3.05, 3.63) is 48.0 Å². The van der Waals surface area contributed by atoms with E-state index in [0.29, 0.717) is 16.7 Å². The topological polar surface area (TPSA) is 80.8 Å². The van der Waals surface area contributed by atoms with Gasteiger partial charge in [-0.3, -0.25) is 0 Å². The monoisotopic (exact) mass is 254 g/mol. The predicted octanol–water partition coefficient (Wildman–Crippen LogP) is 1.88. The van der Waals surface area contributed by atoms with Crippen LogP contribution in [-0.4, -0.2) is 25.9 Å². The Hall–Kier alpha value is -2.76. The molecule has 0 aliphatic heterocycles. The van der Waals surface area contributed by atoms with Crippen LogP contribution in [0.2, 0.25) is 0 Å². The first-order valence-electron chi connectivity index (χ1n) is 5.67. The fourth-order valence-corrected chi connectivity index (χ4v) is 1.66. The summed E-state index contributed by atoms with van der Waals surface area (Å²) in [7, 11) is 0. The van der Waals surface area contributed by atoms with Gasteiger partial charge >= 0.3 is 5.97 Å². The highest BCUT2D eigenvalue weighted by Gasteiger charge is 2.13. The van der Waals surface area contributed by atoms with Crippen LogP contribution in [0.3, 0.4) is 0 Å². The molecule has 0 bridgehead atoms. The largest absolute Gasteiger partial charge is 0.401 e. The number of aromatic amines is 1. The van der Waals surface area contributed by atoms with Gasteiger partial charge in [-0.05, 0) is 19.1 Å². The standard InChI is InChI=1S/C13H10N4O2/c1-8-2-4-9(5-3-8)13(18)19-12-10-11(15-6-14-10)16-7-17-12/h2-7H,1H3,(H,14,15,16,17). The normalized spacial score (nSPS) is 10.6. The Labute approximate surface area is 108 Å². The molecule has 6 nitrogen and oxygen atoms in total. The highest BCUT2D eigenvalue weighted by molar-refractivity contribution is 5.92. The molecule has 0 saturated heterocycles. The molecule has 0 radical (unpaired) electrons. The van der Waals surface area contributed by atoms with Gasteiger partial charge in [0.15, 0.2) is 5.65 Å². The van der Waals surface area contributed by atoms with Crippen molar-refractivity contribution in [1.82, 2.24) is 19.9 Å². The van der Waals surface area contributed by atoms with Gasteiger partial charge in [-0.25, -0.2) is 14.8 Å². The summed E-state index contributed by atoms with van der Waals surface area (Å²) >= 11 is 0. The minimum atomic E-state index is -0.463. The molecule has 1 aromatic carbocycles. The van der Waals surface area contributed by atoms with Crippen LogP contribution in [0.1, 0.15) is 15.9 Å². The molecule has 0 saturated carbocycles. The highest BCUT2D eigenvalue weighted by Crippen LogP contribution is 2.18. The maximum atomic E-state index is 12.0. The van der Waals surface area contributed by atoms with Gasteiger partial charge < -0.3 is 9.72 Å². The number of ether oxygens (including phenoxy) is 1. The number of rotatable bonds is 2. The first-order chi connectivity index (χ1) is 9.24. The van der Waals surface area contributed by atoms with E-state index in [9.17, 15) is 4.79 Å². The second kappa shape index (κ2) is 4.49. The lowest BCUT2D eigenvalue weighted by molar-refractivity contribution is 0.0729. The Morgan fingerprint density at radius 3 is 2.74 bits per heavy atom. The molecule has 3 rings (SSSR count). The summed E-state index contributed by atoms with van der Waals surface area (Å²) in [5.41, 5.74) is 2.51. The number of aromatic nitrogens is 4. The summed E-state index contributed by atoms with van der Waals surface area (Å²) in [5, 5.41) is 0. The summed E-state index contributed by atoms with van der Waals surface area (Å²) in [6.45, 7) is 1.95. The zero-order valence-corrected chi connectivity index (χ0v) is 10.1. The lowest BCUT2D eigenvalue weighted by Crippen LogP contribution is -2.09. The minimum absolute atomic E-state index is 0.174. The highest BCUT2D eigenvalue weighted by atomic mass is 16.5. The van der Waals surface area contributed by atoms with E-state index in [0.717, 1.165) is 5.56 Å². The van der Waals surface area contributed by atoms with Crippen molar-refractivity contribution in [1.29, 1.82) is 0 Å². The molecule has 0 fully saturated rings. The van der Waals surface area contributed by atoms with Gasteiger partial charge in [0.05, 0.1) is 11.9 Å². The molecule has 3 aromatic rings. The Kier molecular flexibility index (Phi) is 2.68. The maximum absolute atomic E-state index is 12.0. The van der Waals surface area contributed by atoms with E-state index in [2.05, 4.69) is 19.9 Å². The minimum Gasteiger partial charge on any atom is -0.401 e. The fraction of sp³-hybridized carbons (Fsp3) is 0.0769. The lowest BCUT2D eigenvalue weighted by atomic mass is 10.1. The number of aryl methyl sites for hydroxylation is 1. The molecule has 0 amide bonds. The fourth-order valence-electron chi connectivity index (χ4n) is 1.66. The van der Waals surface area contributed by atoms with Crippen LogP contribution in [0.25, 0.3) is 11.2 Å². The average molecular weight is 254 g/mol. The first kappa shape index (κ1) is 11.3. The van der Waals surface area contributed by atoms with Crippen molar-refractivity contribution in [2.45, 2.75) is 6.92 Å². The summed E-state index contributed by atoms with van der Waals surface area (Å²) in [6.07, 6.45) is 2.78. The number of nitrogens with one attached hydrogen (secondary N) is 1. The van der Waals surface area contributed by atoms with Gasteiger partial charge in [0.2, 0.25) is 0 Å². The van der Waals surface area contributed by atoms with Crippen molar-refractivity contribution >= 4 is 17.1 Å². The predicted molar refractivity (Wildman–Crippen MR) is 67.8 cm³/mol. The third-order valence-electron chi connectivity index (χ3n) is 2.66. The third-order valence-corrected chi connectivity index (χ3v) is 2.66. The van der Waals surface area contributed by atoms with Crippen molar-refractivity contribution in [3.63, 3.8) is 0 Å². The van der Waals surface area contributed by atoms with E-state index in [1.165, 1.54) is 12.7 Å². The van der Waals surface area contributed by atoms with Crippen LogP contribution in [0.15, 0.2) is 36.9 Å². The molecule has 0 aliphatic carbocycles. The van der Waals surface area contributed by atoms with Gasteiger partial charge in [-0.15, -0.1) is 0 Å². The summed E-state index contributed by atoms with van der Waals surface area (Å²) in [5.74, 6) is -0.289. The van der Waals surface area contributed by atoms with Crippen LogP contribution >= 0.6 is 0 Å². The van der Waals surface area contributed by atoms with Crippen molar-refractivity contribution in [2.24, 2.45) is 0 Å². The van der Waals surface area contributed by atoms with Crippen LogP contribution in [0.5, 0.6) is 5.88 Å². The number of nitrogens with zero attached hydrogens (tertiary/aromatic N) is 3. The number of fused-ring (bicyclic) bond motifs is 1. The average Bonchev–Trinajstić information content (AvgIpc) is 2.89. The number of hydrogen-bond acceptors (Lipinski definition) is 5. The Morgan fingerprint density at radius 1 is 1.16 bits per heavy atom. The van der Waals surface area contributed by atoms with Crippen LogP contribution in [0, 0.1) is 6.92 Å². The number of carbonyl (C=O) groups excluding carboxylic acids is 1. The lowest BCUT2D eigenvalue weighted by Gasteiger charge is -2.03. The van der Waals surface area contributed by atoms with E-state index < -0.39 is 5.97 Å². The molecular formula is C13H10N4O2. The second-order valence-electron chi connectivity index (χ2n) is 4.04. The number of imidazole rings is 1. The number of benzene rings is 1. The maximum Gasteiger partial charge on any atom is 0.344 e. The number of carbonyl (C=O) groups is 1. The zero-order valence-electron chi connectivity index (χ0n) is 10.1. The third kappa shape index (κ3) is 2.15. The molecule has 0 spiro atoms. The molecule has 1 N–H and O–H groups in total. The molecule has 0 atom stereocenters. The Morgan fingerprint density at radius 2 is 1.95 bits per heavy atom. The molecule has 0 aliphatic rings. The molecule has 2 heterocycles. The van der Waals surface area contributed by atoms with Gasteiger partial charge in [0.25, 0.3) is 5.88 Å². The smallest absolute Gasteiger partial charge is 0.344 e. The van der Waals surface area contributed by atoms with Crippen LogP contribution < -0.4 is 4.74 Å².